The van der Waals surface area contributed by atoms with Crippen molar-refractivity contribution in [2.24, 2.45) is 0 Å². The van der Waals surface area contributed by atoms with E-state index in [4.69, 9.17) is 0 Å². The molecule has 19 heavy (non-hydrogen) atoms. The average molecular weight is 261 g/mol. The molecule has 5 heteroatoms. The van der Waals surface area contributed by atoms with Gasteiger partial charge in [-0.2, -0.15) is 10.2 Å². The number of nitrogens with zero attached hydrogens (tertiary/aromatic N) is 4. The molecule has 2 heterocycles. The number of hydrogen-bond donors (Lipinski definition) is 1. The fourth-order valence-corrected chi connectivity index (χ4v) is 1.90. The van der Waals surface area contributed by atoms with Crippen LogP contribution in [0.5, 0.6) is 0 Å². The molecule has 5 nitrogen and oxygen atoms in total. The predicted molar refractivity (Wildman–Crippen MR) is 75.9 cm³/mol. The summed E-state index contributed by atoms with van der Waals surface area (Å²) in [5.74, 6) is 0. The fourth-order valence-electron chi connectivity index (χ4n) is 1.90. The Morgan fingerprint density at radius 3 is 2.95 bits per heavy atom. The molecule has 2 rings (SSSR count). The van der Waals surface area contributed by atoms with Crippen LogP contribution in [0.2, 0.25) is 0 Å². The van der Waals surface area contributed by atoms with Gasteiger partial charge in [0.15, 0.2) is 0 Å². The van der Waals surface area contributed by atoms with Crippen molar-refractivity contribution in [1.29, 1.82) is 0 Å². The summed E-state index contributed by atoms with van der Waals surface area (Å²) in [5, 5.41) is 12.2. The first-order chi connectivity index (χ1) is 9.19. The van der Waals surface area contributed by atoms with Crippen molar-refractivity contribution in [1.82, 2.24) is 24.9 Å². The minimum absolute atomic E-state index is 0.473. The summed E-state index contributed by atoms with van der Waals surface area (Å²) >= 11 is 0. The van der Waals surface area contributed by atoms with Crippen LogP contribution < -0.4 is 5.32 Å². The lowest BCUT2D eigenvalue weighted by molar-refractivity contribution is 0.470. The number of aryl methyl sites for hydroxylation is 1. The van der Waals surface area contributed by atoms with Crippen molar-refractivity contribution >= 4 is 0 Å². The lowest BCUT2D eigenvalue weighted by Crippen LogP contribution is -2.20. The molecular weight excluding hydrogens is 238 g/mol. The van der Waals surface area contributed by atoms with Crippen molar-refractivity contribution in [3.05, 3.63) is 35.9 Å². The molecule has 1 atom stereocenters. The van der Waals surface area contributed by atoms with Crippen LogP contribution >= 0.6 is 0 Å². The first kappa shape index (κ1) is 13.8. The summed E-state index contributed by atoms with van der Waals surface area (Å²) in [7, 11) is 0. The number of nitrogens with one attached hydrogen (secondary N) is 1. The molecule has 0 amide bonds. The highest BCUT2D eigenvalue weighted by Crippen LogP contribution is 2.08. The molecular formula is C14H23N5. The molecule has 0 aromatic carbocycles. The van der Waals surface area contributed by atoms with Crippen LogP contribution in [0.15, 0.2) is 24.7 Å². The molecule has 0 saturated heterocycles. The van der Waals surface area contributed by atoms with E-state index in [0.29, 0.717) is 6.04 Å². The largest absolute Gasteiger partial charge is 0.309 e. The van der Waals surface area contributed by atoms with Crippen molar-refractivity contribution in [3.8, 4) is 0 Å². The Labute approximate surface area is 114 Å². The van der Waals surface area contributed by atoms with Gasteiger partial charge < -0.3 is 5.32 Å². The van der Waals surface area contributed by atoms with Gasteiger partial charge in [-0.25, -0.2) is 0 Å². The third-order valence-electron chi connectivity index (χ3n) is 3.29. The van der Waals surface area contributed by atoms with Crippen LogP contribution in [0, 0.1) is 6.92 Å². The Kier molecular flexibility index (Phi) is 4.74. The van der Waals surface area contributed by atoms with Crippen LogP contribution in [0.3, 0.4) is 0 Å². The SMILES string of the molecule is CCC(C)n1ccc(CNCCn2cc(C)cn2)n1. The van der Waals surface area contributed by atoms with Crippen LogP contribution in [0.4, 0.5) is 0 Å². The summed E-state index contributed by atoms with van der Waals surface area (Å²) in [6.45, 7) is 9.01. The van der Waals surface area contributed by atoms with E-state index >= 15 is 0 Å². The highest BCUT2D eigenvalue weighted by Gasteiger charge is 2.04. The van der Waals surface area contributed by atoms with Gasteiger partial charge in [0.2, 0.25) is 0 Å². The van der Waals surface area contributed by atoms with Crippen LogP contribution in [0.25, 0.3) is 0 Å². The van der Waals surface area contributed by atoms with Gasteiger partial charge in [0, 0.05) is 31.5 Å². The van der Waals surface area contributed by atoms with Gasteiger partial charge in [0.05, 0.1) is 18.4 Å². The average Bonchev–Trinajstić information content (AvgIpc) is 3.03. The fraction of sp³-hybridized carbons (Fsp3) is 0.571. The summed E-state index contributed by atoms with van der Waals surface area (Å²) in [6.07, 6.45) is 7.10. The van der Waals surface area contributed by atoms with Gasteiger partial charge in [-0.3, -0.25) is 9.36 Å². The summed E-state index contributed by atoms with van der Waals surface area (Å²) < 4.78 is 3.99. The number of aromatic nitrogens is 4. The maximum atomic E-state index is 4.56. The Morgan fingerprint density at radius 1 is 1.42 bits per heavy atom. The molecule has 1 N–H and O–H groups in total. The molecule has 2 aromatic rings. The molecule has 0 bridgehead atoms. The Bertz CT molecular complexity index is 499. The Balaban J connectivity index is 1.72. The van der Waals surface area contributed by atoms with E-state index in [-0.39, 0.29) is 0 Å². The van der Waals surface area contributed by atoms with E-state index in [1.54, 1.807) is 0 Å². The molecule has 2 aromatic heterocycles. The third-order valence-corrected chi connectivity index (χ3v) is 3.29. The third kappa shape index (κ3) is 3.92. The monoisotopic (exact) mass is 261 g/mol. The molecule has 0 aliphatic rings. The Morgan fingerprint density at radius 2 is 2.26 bits per heavy atom. The van der Waals surface area contributed by atoms with E-state index in [1.165, 1.54) is 5.56 Å². The number of rotatable bonds is 7. The summed E-state index contributed by atoms with van der Waals surface area (Å²) in [5.41, 5.74) is 2.30. The van der Waals surface area contributed by atoms with Crippen molar-refractivity contribution < 1.29 is 0 Å². The molecule has 0 aliphatic heterocycles. The first-order valence-electron chi connectivity index (χ1n) is 6.93. The highest BCUT2D eigenvalue weighted by atomic mass is 15.3. The van der Waals surface area contributed by atoms with E-state index in [2.05, 4.69) is 54.7 Å². The zero-order chi connectivity index (χ0) is 13.7. The topological polar surface area (TPSA) is 47.7 Å². The van der Waals surface area contributed by atoms with Gasteiger partial charge in [0.25, 0.3) is 0 Å². The molecule has 0 spiro atoms. The maximum absolute atomic E-state index is 4.56. The van der Waals surface area contributed by atoms with Gasteiger partial charge in [0.1, 0.15) is 0 Å². The molecule has 0 aliphatic carbocycles. The summed E-state index contributed by atoms with van der Waals surface area (Å²) in [4.78, 5) is 0. The van der Waals surface area contributed by atoms with Gasteiger partial charge in [-0.05, 0) is 31.9 Å². The molecule has 0 fully saturated rings. The first-order valence-corrected chi connectivity index (χ1v) is 6.93. The van der Waals surface area contributed by atoms with E-state index < -0.39 is 0 Å². The van der Waals surface area contributed by atoms with E-state index in [0.717, 1.165) is 31.7 Å². The molecule has 1 unspecified atom stereocenters. The summed E-state index contributed by atoms with van der Waals surface area (Å²) in [6, 6.07) is 2.55. The van der Waals surface area contributed by atoms with Gasteiger partial charge in [-0.1, -0.05) is 6.92 Å². The quantitative estimate of drug-likeness (QED) is 0.777. The minimum Gasteiger partial charge on any atom is -0.309 e. The van der Waals surface area contributed by atoms with Crippen molar-refractivity contribution in [2.75, 3.05) is 6.54 Å². The number of hydrogen-bond acceptors (Lipinski definition) is 3. The normalized spacial score (nSPS) is 12.8. The van der Waals surface area contributed by atoms with Crippen molar-refractivity contribution in [2.45, 2.75) is 46.3 Å². The van der Waals surface area contributed by atoms with Gasteiger partial charge >= 0.3 is 0 Å². The van der Waals surface area contributed by atoms with E-state index in [9.17, 15) is 0 Å². The van der Waals surface area contributed by atoms with Crippen molar-refractivity contribution in [3.63, 3.8) is 0 Å². The highest BCUT2D eigenvalue weighted by molar-refractivity contribution is 5.00. The minimum atomic E-state index is 0.473. The molecule has 104 valence electrons. The standard InChI is InChI=1S/C14H23N5/c1-4-13(3)19-7-5-14(17-19)10-15-6-8-18-11-12(2)9-16-18/h5,7,9,11,13,15H,4,6,8,10H2,1-3H3. The smallest absolute Gasteiger partial charge is 0.0762 e. The second-order valence-corrected chi connectivity index (χ2v) is 5.00. The lowest BCUT2D eigenvalue weighted by atomic mass is 10.3. The molecule has 0 saturated carbocycles. The zero-order valence-electron chi connectivity index (χ0n) is 12.0. The predicted octanol–water partition coefficient (Wildman–Crippen LogP) is 2.15. The Hall–Kier alpha value is -1.62. The second kappa shape index (κ2) is 6.52. The van der Waals surface area contributed by atoms with Crippen LogP contribution in [-0.2, 0) is 13.1 Å². The second-order valence-electron chi connectivity index (χ2n) is 5.00. The van der Waals surface area contributed by atoms with E-state index in [1.807, 2.05) is 15.6 Å². The zero-order valence-corrected chi connectivity index (χ0v) is 12.0. The van der Waals surface area contributed by atoms with Crippen LogP contribution in [0.1, 0.15) is 37.6 Å². The van der Waals surface area contributed by atoms with Crippen LogP contribution in [-0.4, -0.2) is 26.1 Å². The molecule has 0 radical (unpaired) electrons. The van der Waals surface area contributed by atoms with Gasteiger partial charge in [-0.15, -0.1) is 0 Å². The maximum Gasteiger partial charge on any atom is 0.0762 e. The lowest BCUT2D eigenvalue weighted by Gasteiger charge is -2.08.